The first kappa shape index (κ1) is 17.3. The molecule has 5 heteroatoms. The molecule has 1 aromatic carbocycles. The van der Waals surface area contributed by atoms with Gasteiger partial charge in [-0.2, -0.15) is 0 Å². The van der Waals surface area contributed by atoms with Crippen LogP contribution in [0.1, 0.15) is 19.4 Å². The topological polar surface area (TPSA) is 48.5 Å². The van der Waals surface area contributed by atoms with E-state index in [1.54, 1.807) is 0 Å². The second-order valence-corrected chi connectivity index (χ2v) is 6.86. The first-order valence-corrected chi connectivity index (χ1v) is 8.86. The Bertz CT molecular complexity index is 719. The number of pyridine rings is 1. The lowest BCUT2D eigenvalue weighted by Gasteiger charge is -2.37. The standard InChI is InChI=1S/C20H26N4O/c1-15(2)20(25)22-19-8-7-18(14-21-19)24-11-9-23(10-12-24)17-6-4-5-16(3)13-17/h4-8,13-15H,9-12H2,1-3H3,(H,21,22,25). The second-order valence-electron chi connectivity index (χ2n) is 6.86. The third-order valence-electron chi connectivity index (χ3n) is 4.54. The smallest absolute Gasteiger partial charge is 0.228 e. The molecule has 25 heavy (non-hydrogen) atoms. The molecule has 132 valence electrons. The fourth-order valence-electron chi connectivity index (χ4n) is 2.97. The molecule has 2 heterocycles. The minimum atomic E-state index is -0.0452. The van der Waals surface area contributed by atoms with Gasteiger partial charge in [0.1, 0.15) is 5.82 Å². The van der Waals surface area contributed by atoms with Gasteiger partial charge in [0.05, 0.1) is 11.9 Å². The molecule has 2 aromatic rings. The van der Waals surface area contributed by atoms with Crippen LogP contribution < -0.4 is 15.1 Å². The van der Waals surface area contributed by atoms with Crippen LogP contribution in [-0.2, 0) is 4.79 Å². The first-order valence-electron chi connectivity index (χ1n) is 8.86. The lowest BCUT2D eigenvalue weighted by molar-refractivity contribution is -0.118. The third-order valence-corrected chi connectivity index (χ3v) is 4.54. The number of carbonyl (C=O) groups excluding carboxylic acids is 1. The summed E-state index contributed by atoms with van der Waals surface area (Å²) in [6.45, 7) is 9.80. The van der Waals surface area contributed by atoms with Gasteiger partial charge in [0.15, 0.2) is 0 Å². The van der Waals surface area contributed by atoms with Crippen molar-refractivity contribution in [1.29, 1.82) is 0 Å². The van der Waals surface area contributed by atoms with E-state index in [1.807, 2.05) is 32.2 Å². The van der Waals surface area contributed by atoms with Gasteiger partial charge in [-0.3, -0.25) is 4.79 Å². The molecule has 0 spiro atoms. The molecule has 0 atom stereocenters. The Balaban J connectivity index is 1.58. The first-order chi connectivity index (χ1) is 12.0. The fourth-order valence-corrected chi connectivity index (χ4v) is 2.97. The molecule has 1 N–H and O–H groups in total. The van der Waals surface area contributed by atoms with Crippen molar-refractivity contribution in [3.63, 3.8) is 0 Å². The number of aromatic nitrogens is 1. The lowest BCUT2D eigenvalue weighted by atomic mass is 10.2. The Morgan fingerprint density at radius 3 is 2.28 bits per heavy atom. The molecule has 0 saturated carbocycles. The summed E-state index contributed by atoms with van der Waals surface area (Å²) in [6, 6.07) is 12.6. The van der Waals surface area contributed by atoms with E-state index in [2.05, 4.69) is 51.3 Å². The van der Waals surface area contributed by atoms with Gasteiger partial charge in [-0.1, -0.05) is 26.0 Å². The Kier molecular flexibility index (Phi) is 5.22. The van der Waals surface area contributed by atoms with Crippen molar-refractivity contribution in [2.45, 2.75) is 20.8 Å². The zero-order chi connectivity index (χ0) is 17.8. The minimum Gasteiger partial charge on any atom is -0.368 e. The number of amides is 1. The molecule has 0 aliphatic carbocycles. The van der Waals surface area contributed by atoms with Crippen LogP contribution in [0.5, 0.6) is 0 Å². The summed E-state index contributed by atoms with van der Waals surface area (Å²) in [5.74, 6) is 0.559. The Labute approximate surface area is 149 Å². The van der Waals surface area contributed by atoms with Gasteiger partial charge in [-0.25, -0.2) is 4.98 Å². The number of nitrogens with one attached hydrogen (secondary N) is 1. The monoisotopic (exact) mass is 338 g/mol. The Morgan fingerprint density at radius 1 is 1.04 bits per heavy atom. The minimum absolute atomic E-state index is 0.00739. The van der Waals surface area contributed by atoms with E-state index in [9.17, 15) is 4.79 Å². The summed E-state index contributed by atoms with van der Waals surface area (Å²) in [4.78, 5) is 20.9. The van der Waals surface area contributed by atoms with E-state index in [0.717, 1.165) is 31.9 Å². The highest BCUT2D eigenvalue weighted by Gasteiger charge is 2.18. The molecular formula is C20H26N4O. The van der Waals surface area contributed by atoms with E-state index in [1.165, 1.54) is 11.3 Å². The average Bonchev–Trinajstić information content (AvgIpc) is 2.62. The molecule has 0 unspecified atom stereocenters. The van der Waals surface area contributed by atoms with Gasteiger partial charge in [0.25, 0.3) is 0 Å². The second kappa shape index (κ2) is 7.55. The summed E-state index contributed by atoms with van der Waals surface area (Å²) >= 11 is 0. The summed E-state index contributed by atoms with van der Waals surface area (Å²) in [5.41, 5.74) is 3.69. The highest BCUT2D eigenvalue weighted by Crippen LogP contribution is 2.21. The molecule has 3 rings (SSSR count). The van der Waals surface area contributed by atoms with Crippen molar-refractivity contribution in [3.8, 4) is 0 Å². The van der Waals surface area contributed by atoms with E-state index in [-0.39, 0.29) is 11.8 Å². The number of aryl methyl sites for hydroxylation is 1. The zero-order valence-electron chi connectivity index (χ0n) is 15.2. The van der Waals surface area contributed by atoms with Gasteiger partial charge >= 0.3 is 0 Å². The molecule has 5 nitrogen and oxygen atoms in total. The van der Waals surface area contributed by atoms with E-state index < -0.39 is 0 Å². The van der Waals surface area contributed by atoms with Crippen molar-refractivity contribution in [2.24, 2.45) is 5.92 Å². The molecular weight excluding hydrogens is 312 g/mol. The van der Waals surface area contributed by atoms with E-state index in [4.69, 9.17) is 0 Å². The lowest BCUT2D eigenvalue weighted by Crippen LogP contribution is -2.46. The van der Waals surface area contributed by atoms with Crippen LogP contribution in [0.25, 0.3) is 0 Å². The number of benzene rings is 1. The quantitative estimate of drug-likeness (QED) is 0.929. The number of carbonyl (C=O) groups is 1. The Morgan fingerprint density at radius 2 is 1.72 bits per heavy atom. The number of nitrogens with zero attached hydrogens (tertiary/aromatic N) is 3. The molecule has 1 aliphatic heterocycles. The largest absolute Gasteiger partial charge is 0.368 e. The fraction of sp³-hybridized carbons (Fsp3) is 0.400. The third kappa shape index (κ3) is 4.29. The van der Waals surface area contributed by atoms with Gasteiger partial charge in [-0.05, 0) is 36.8 Å². The summed E-state index contributed by atoms with van der Waals surface area (Å²) in [7, 11) is 0. The number of hydrogen-bond acceptors (Lipinski definition) is 4. The highest BCUT2D eigenvalue weighted by molar-refractivity contribution is 5.91. The maximum Gasteiger partial charge on any atom is 0.228 e. The van der Waals surface area contributed by atoms with Crippen LogP contribution >= 0.6 is 0 Å². The highest BCUT2D eigenvalue weighted by atomic mass is 16.1. The molecule has 1 saturated heterocycles. The number of piperazine rings is 1. The number of anilines is 3. The van der Waals surface area contributed by atoms with Gasteiger partial charge in [-0.15, -0.1) is 0 Å². The van der Waals surface area contributed by atoms with Crippen molar-refractivity contribution in [2.75, 3.05) is 41.3 Å². The summed E-state index contributed by atoms with van der Waals surface area (Å²) < 4.78 is 0. The van der Waals surface area contributed by atoms with E-state index in [0.29, 0.717) is 5.82 Å². The normalized spacial score (nSPS) is 14.7. The summed E-state index contributed by atoms with van der Waals surface area (Å²) in [6.07, 6.45) is 1.85. The van der Waals surface area contributed by atoms with Gasteiger partial charge < -0.3 is 15.1 Å². The van der Waals surface area contributed by atoms with E-state index >= 15 is 0 Å². The zero-order valence-corrected chi connectivity index (χ0v) is 15.2. The van der Waals surface area contributed by atoms with Crippen LogP contribution in [0.2, 0.25) is 0 Å². The van der Waals surface area contributed by atoms with Crippen LogP contribution in [0.3, 0.4) is 0 Å². The maximum absolute atomic E-state index is 11.7. The molecule has 1 amide bonds. The molecule has 0 radical (unpaired) electrons. The van der Waals surface area contributed by atoms with Crippen LogP contribution in [0, 0.1) is 12.8 Å². The van der Waals surface area contributed by atoms with Crippen LogP contribution in [0.4, 0.5) is 17.2 Å². The maximum atomic E-state index is 11.7. The molecule has 0 bridgehead atoms. The van der Waals surface area contributed by atoms with Gasteiger partial charge in [0, 0.05) is 37.8 Å². The van der Waals surface area contributed by atoms with Crippen molar-refractivity contribution >= 4 is 23.1 Å². The number of hydrogen-bond donors (Lipinski definition) is 1. The SMILES string of the molecule is Cc1cccc(N2CCN(c3ccc(NC(=O)C(C)C)nc3)CC2)c1. The molecule has 1 aromatic heterocycles. The predicted molar refractivity (Wildman–Crippen MR) is 103 cm³/mol. The Hall–Kier alpha value is -2.56. The van der Waals surface area contributed by atoms with Crippen molar-refractivity contribution in [1.82, 2.24) is 4.98 Å². The number of rotatable bonds is 4. The predicted octanol–water partition coefficient (Wildman–Crippen LogP) is 3.31. The van der Waals surface area contributed by atoms with Crippen molar-refractivity contribution in [3.05, 3.63) is 48.2 Å². The molecule has 1 aliphatic rings. The van der Waals surface area contributed by atoms with Crippen LogP contribution in [0.15, 0.2) is 42.6 Å². The van der Waals surface area contributed by atoms with Crippen molar-refractivity contribution < 1.29 is 4.79 Å². The van der Waals surface area contributed by atoms with Crippen LogP contribution in [-0.4, -0.2) is 37.1 Å². The summed E-state index contributed by atoms with van der Waals surface area (Å²) in [5, 5.41) is 2.83. The average molecular weight is 338 g/mol. The molecule has 1 fully saturated rings. The van der Waals surface area contributed by atoms with Gasteiger partial charge in [0.2, 0.25) is 5.91 Å².